The van der Waals surface area contributed by atoms with Crippen molar-refractivity contribution in [1.82, 2.24) is 24.6 Å². The summed E-state index contributed by atoms with van der Waals surface area (Å²) < 4.78 is 1.77. The van der Waals surface area contributed by atoms with Gasteiger partial charge in [0.15, 0.2) is 5.65 Å². The molecule has 2 aromatic carbocycles. The average Bonchev–Trinajstić information content (AvgIpc) is 3.00. The molecule has 174 valence electrons. The van der Waals surface area contributed by atoms with E-state index in [1.807, 2.05) is 67.4 Å². The molecule has 0 bridgehead atoms. The Bertz CT molecular complexity index is 1320. The summed E-state index contributed by atoms with van der Waals surface area (Å²) in [6.45, 7) is 6.02. The van der Waals surface area contributed by atoms with Crippen LogP contribution in [0.1, 0.15) is 28.0 Å². The minimum atomic E-state index is 0.0500. The van der Waals surface area contributed by atoms with Gasteiger partial charge in [0.1, 0.15) is 0 Å². The number of hydrogen-bond acceptors (Lipinski definition) is 4. The molecule has 34 heavy (non-hydrogen) atoms. The molecule has 1 amide bonds. The number of carbonyl (C=O) groups excluding carboxylic acids is 1. The molecule has 0 atom stereocenters. The van der Waals surface area contributed by atoms with Crippen LogP contribution in [0.15, 0.2) is 60.7 Å². The van der Waals surface area contributed by atoms with Crippen LogP contribution in [0.3, 0.4) is 0 Å². The van der Waals surface area contributed by atoms with Crippen LogP contribution in [-0.2, 0) is 13.6 Å². The van der Waals surface area contributed by atoms with Crippen LogP contribution >= 0.6 is 11.6 Å². The summed E-state index contributed by atoms with van der Waals surface area (Å²) in [5.41, 5.74) is 5.26. The number of halogens is 1. The molecular weight excluding hydrogens is 446 g/mol. The highest BCUT2D eigenvalue weighted by Crippen LogP contribution is 2.28. The molecule has 2 aromatic heterocycles. The molecular formula is C27H28ClN5O. The Morgan fingerprint density at radius 2 is 1.76 bits per heavy atom. The van der Waals surface area contributed by atoms with Gasteiger partial charge in [-0.05, 0) is 37.1 Å². The zero-order valence-corrected chi connectivity index (χ0v) is 20.3. The lowest BCUT2D eigenvalue weighted by molar-refractivity contribution is 0.0763. The van der Waals surface area contributed by atoms with E-state index in [9.17, 15) is 4.79 Å². The summed E-state index contributed by atoms with van der Waals surface area (Å²) in [6.07, 6.45) is 0.936. The van der Waals surface area contributed by atoms with E-state index in [0.29, 0.717) is 12.1 Å². The van der Waals surface area contributed by atoms with Crippen LogP contribution in [-0.4, -0.2) is 56.7 Å². The van der Waals surface area contributed by atoms with Crippen molar-refractivity contribution in [2.75, 3.05) is 26.2 Å². The molecule has 4 aromatic rings. The maximum Gasteiger partial charge on any atom is 0.254 e. The number of carbonyl (C=O) groups is 1. The van der Waals surface area contributed by atoms with Gasteiger partial charge in [-0.1, -0.05) is 54.1 Å². The number of aryl methyl sites for hydroxylation is 2. The Balaban J connectivity index is 1.42. The minimum Gasteiger partial charge on any atom is -0.337 e. The number of rotatable bonds is 4. The number of nitrogens with zero attached hydrogens (tertiary/aromatic N) is 5. The maximum absolute atomic E-state index is 13.8. The Morgan fingerprint density at radius 3 is 2.53 bits per heavy atom. The Hall–Kier alpha value is -3.22. The predicted molar refractivity (Wildman–Crippen MR) is 136 cm³/mol. The topological polar surface area (TPSA) is 54.3 Å². The lowest BCUT2D eigenvalue weighted by Gasteiger charge is -2.23. The number of hydrogen-bond donors (Lipinski definition) is 0. The van der Waals surface area contributed by atoms with Crippen molar-refractivity contribution in [2.45, 2.75) is 19.9 Å². The van der Waals surface area contributed by atoms with Crippen molar-refractivity contribution in [1.29, 1.82) is 0 Å². The summed E-state index contributed by atoms with van der Waals surface area (Å²) in [5.74, 6) is 0.0500. The van der Waals surface area contributed by atoms with E-state index in [2.05, 4.69) is 22.1 Å². The Labute approximate surface area is 204 Å². The van der Waals surface area contributed by atoms with E-state index in [1.165, 1.54) is 5.56 Å². The van der Waals surface area contributed by atoms with Crippen LogP contribution < -0.4 is 0 Å². The zero-order chi connectivity index (χ0) is 23.7. The number of benzene rings is 2. The second kappa shape index (κ2) is 9.57. The molecule has 0 radical (unpaired) electrons. The Kier molecular flexibility index (Phi) is 6.35. The van der Waals surface area contributed by atoms with Crippen LogP contribution in [0.25, 0.3) is 22.3 Å². The molecule has 0 saturated carbocycles. The van der Waals surface area contributed by atoms with Crippen LogP contribution in [0.4, 0.5) is 0 Å². The van der Waals surface area contributed by atoms with E-state index in [-0.39, 0.29) is 5.91 Å². The predicted octanol–water partition coefficient (Wildman–Crippen LogP) is 4.95. The second-order valence-corrected chi connectivity index (χ2v) is 9.31. The molecule has 1 aliphatic heterocycles. The van der Waals surface area contributed by atoms with Gasteiger partial charge in [-0.15, -0.1) is 0 Å². The van der Waals surface area contributed by atoms with E-state index in [4.69, 9.17) is 16.6 Å². The zero-order valence-electron chi connectivity index (χ0n) is 19.5. The molecule has 5 rings (SSSR count). The fourth-order valence-electron chi connectivity index (χ4n) is 4.72. The molecule has 0 spiro atoms. The van der Waals surface area contributed by atoms with Crippen molar-refractivity contribution < 1.29 is 4.79 Å². The summed E-state index contributed by atoms with van der Waals surface area (Å²) >= 11 is 6.03. The molecule has 0 unspecified atom stereocenters. The first-order valence-electron chi connectivity index (χ1n) is 11.7. The van der Waals surface area contributed by atoms with Gasteiger partial charge < -0.3 is 4.90 Å². The number of fused-ring (bicyclic) bond motifs is 1. The largest absolute Gasteiger partial charge is 0.337 e. The third-order valence-electron chi connectivity index (χ3n) is 6.46. The second-order valence-electron chi connectivity index (χ2n) is 8.88. The van der Waals surface area contributed by atoms with E-state index >= 15 is 0 Å². The third-order valence-corrected chi connectivity index (χ3v) is 6.72. The molecule has 6 nitrogen and oxygen atoms in total. The summed E-state index contributed by atoms with van der Waals surface area (Å²) in [7, 11) is 1.88. The van der Waals surface area contributed by atoms with Crippen LogP contribution in [0.5, 0.6) is 0 Å². The molecule has 0 aliphatic carbocycles. The monoisotopic (exact) mass is 473 g/mol. The highest BCUT2D eigenvalue weighted by Gasteiger charge is 2.25. The van der Waals surface area contributed by atoms with E-state index in [0.717, 1.165) is 65.6 Å². The Morgan fingerprint density at radius 1 is 1.00 bits per heavy atom. The number of pyridine rings is 1. The first-order valence-corrected chi connectivity index (χ1v) is 12.0. The highest BCUT2D eigenvalue weighted by molar-refractivity contribution is 6.30. The van der Waals surface area contributed by atoms with Gasteiger partial charge in [-0.2, -0.15) is 5.10 Å². The number of amides is 1. The molecule has 3 heterocycles. The van der Waals surface area contributed by atoms with Crippen LogP contribution in [0, 0.1) is 6.92 Å². The molecule has 1 aliphatic rings. The van der Waals surface area contributed by atoms with Gasteiger partial charge in [0.2, 0.25) is 0 Å². The lowest BCUT2D eigenvalue weighted by atomic mass is 10.0. The van der Waals surface area contributed by atoms with Crippen LogP contribution in [0.2, 0.25) is 5.02 Å². The third kappa shape index (κ3) is 4.56. The first-order chi connectivity index (χ1) is 16.5. The number of aromatic nitrogens is 3. The average molecular weight is 474 g/mol. The smallest absolute Gasteiger partial charge is 0.254 e. The molecule has 1 saturated heterocycles. The SMILES string of the molecule is Cc1nn(C)c2nc(-c3ccccc3)cc(C(=O)N3CCCN(Cc4ccc(Cl)cc4)CC3)c12. The fraction of sp³-hybridized carbons (Fsp3) is 0.296. The van der Waals surface area contributed by atoms with Gasteiger partial charge in [0, 0.05) is 50.4 Å². The van der Waals surface area contributed by atoms with Crippen molar-refractivity contribution in [2.24, 2.45) is 7.05 Å². The molecule has 0 N–H and O–H groups in total. The molecule has 7 heteroatoms. The van der Waals surface area contributed by atoms with E-state index < -0.39 is 0 Å². The fourth-order valence-corrected chi connectivity index (χ4v) is 4.85. The highest BCUT2D eigenvalue weighted by atomic mass is 35.5. The van der Waals surface area contributed by atoms with Gasteiger partial charge >= 0.3 is 0 Å². The maximum atomic E-state index is 13.8. The lowest BCUT2D eigenvalue weighted by Crippen LogP contribution is -2.35. The van der Waals surface area contributed by atoms with Gasteiger partial charge in [-0.25, -0.2) is 4.98 Å². The summed E-state index contributed by atoms with van der Waals surface area (Å²) in [6, 6.07) is 19.9. The van der Waals surface area contributed by atoms with Crippen molar-refractivity contribution in [3.05, 3.63) is 82.5 Å². The van der Waals surface area contributed by atoms with Crippen molar-refractivity contribution >= 4 is 28.5 Å². The normalized spacial score (nSPS) is 15.0. The van der Waals surface area contributed by atoms with Gasteiger partial charge in [0.05, 0.1) is 22.3 Å². The minimum absolute atomic E-state index is 0.0500. The quantitative estimate of drug-likeness (QED) is 0.421. The van der Waals surface area contributed by atoms with Gasteiger partial charge in [-0.3, -0.25) is 14.4 Å². The summed E-state index contributed by atoms with van der Waals surface area (Å²) in [5, 5.41) is 6.16. The molecule has 1 fully saturated rings. The van der Waals surface area contributed by atoms with E-state index in [1.54, 1.807) is 4.68 Å². The van der Waals surface area contributed by atoms with Gasteiger partial charge in [0.25, 0.3) is 5.91 Å². The first kappa shape index (κ1) is 22.6. The van der Waals surface area contributed by atoms with Crippen molar-refractivity contribution in [3.8, 4) is 11.3 Å². The van der Waals surface area contributed by atoms with Crippen molar-refractivity contribution in [3.63, 3.8) is 0 Å². The summed E-state index contributed by atoms with van der Waals surface area (Å²) in [4.78, 5) is 23.1. The standard InChI is InChI=1S/C27H28ClN5O/c1-19-25-23(17-24(21-7-4-3-5-8-21)29-26(25)31(2)30-19)27(34)33-14-6-13-32(15-16-33)18-20-9-11-22(28)12-10-20/h3-5,7-12,17H,6,13-16,18H2,1-2H3.